The van der Waals surface area contributed by atoms with Gasteiger partial charge in [-0.3, -0.25) is 14.3 Å². The van der Waals surface area contributed by atoms with Gasteiger partial charge in [-0.2, -0.15) is 0 Å². The third-order valence-electron chi connectivity index (χ3n) is 4.71. The average Bonchev–Trinajstić information content (AvgIpc) is 2.61. The van der Waals surface area contributed by atoms with E-state index in [4.69, 9.17) is 4.74 Å². The van der Waals surface area contributed by atoms with Crippen molar-refractivity contribution in [1.82, 2.24) is 14.5 Å². The molecule has 1 saturated heterocycles. The number of rotatable bonds is 6. The number of aromatic nitrogens is 2. The van der Waals surface area contributed by atoms with Crippen molar-refractivity contribution in [3.63, 3.8) is 0 Å². The molecule has 0 N–H and O–H groups in total. The first-order chi connectivity index (χ1) is 12.1. The predicted molar refractivity (Wildman–Crippen MR) is 101 cm³/mol. The van der Waals surface area contributed by atoms with Crippen molar-refractivity contribution in [1.29, 1.82) is 0 Å². The van der Waals surface area contributed by atoms with Gasteiger partial charge in [0.1, 0.15) is 0 Å². The zero-order valence-corrected chi connectivity index (χ0v) is 15.4. The molecule has 0 unspecified atom stereocenters. The van der Waals surface area contributed by atoms with Crippen LogP contribution in [0.5, 0.6) is 0 Å². The molecule has 1 aromatic heterocycles. The van der Waals surface area contributed by atoms with E-state index < -0.39 is 0 Å². The van der Waals surface area contributed by atoms with Gasteiger partial charge in [0.2, 0.25) is 0 Å². The van der Waals surface area contributed by atoms with Crippen molar-refractivity contribution in [2.75, 3.05) is 51.3 Å². The highest BCUT2D eigenvalue weighted by molar-refractivity contribution is 5.81. The van der Waals surface area contributed by atoms with E-state index in [1.165, 1.54) is 0 Å². The number of methoxy groups -OCH3 is 1. The van der Waals surface area contributed by atoms with Gasteiger partial charge in [0.25, 0.3) is 5.56 Å². The van der Waals surface area contributed by atoms with Crippen LogP contribution in [0.25, 0.3) is 10.9 Å². The lowest BCUT2D eigenvalue weighted by atomic mass is 10.1. The Morgan fingerprint density at radius 3 is 2.64 bits per heavy atom. The molecular formula is C19H28N4O2. The third kappa shape index (κ3) is 4.19. The van der Waals surface area contributed by atoms with E-state index in [-0.39, 0.29) is 5.56 Å². The second-order valence-electron chi connectivity index (χ2n) is 7.12. The van der Waals surface area contributed by atoms with Crippen LogP contribution in [0.4, 0.5) is 5.69 Å². The summed E-state index contributed by atoms with van der Waals surface area (Å²) in [4.78, 5) is 21.9. The SMILES string of the molecule is COCCn1cnc2cc(N3CCN(CC(C)C)CC3)ccc2c1=O. The van der Waals surface area contributed by atoms with Gasteiger partial charge in [-0.25, -0.2) is 4.98 Å². The van der Waals surface area contributed by atoms with Gasteiger partial charge in [-0.05, 0) is 24.1 Å². The molecule has 0 spiro atoms. The van der Waals surface area contributed by atoms with Crippen LogP contribution in [0.1, 0.15) is 13.8 Å². The van der Waals surface area contributed by atoms with Crippen molar-refractivity contribution < 1.29 is 4.74 Å². The van der Waals surface area contributed by atoms with E-state index in [9.17, 15) is 4.79 Å². The van der Waals surface area contributed by atoms with Crippen LogP contribution in [0.15, 0.2) is 29.3 Å². The van der Waals surface area contributed by atoms with Gasteiger partial charge in [-0.15, -0.1) is 0 Å². The molecule has 3 rings (SSSR count). The summed E-state index contributed by atoms with van der Waals surface area (Å²) in [5, 5.41) is 0.667. The maximum atomic E-state index is 12.5. The van der Waals surface area contributed by atoms with Gasteiger partial charge >= 0.3 is 0 Å². The van der Waals surface area contributed by atoms with Crippen LogP contribution in [-0.4, -0.2) is 60.9 Å². The van der Waals surface area contributed by atoms with Gasteiger partial charge < -0.3 is 9.64 Å². The standard InChI is InChI=1S/C19H28N4O2/c1-15(2)13-21-6-8-22(9-7-21)16-4-5-17-18(12-16)20-14-23(19(17)24)10-11-25-3/h4-5,12,14-15H,6-11,13H2,1-3H3. The summed E-state index contributed by atoms with van der Waals surface area (Å²) in [6.07, 6.45) is 1.62. The summed E-state index contributed by atoms with van der Waals surface area (Å²) in [5.41, 5.74) is 1.91. The van der Waals surface area contributed by atoms with E-state index in [2.05, 4.69) is 28.6 Å². The Bertz CT molecular complexity index is 764. The summed E-state index contributed by atoms with van der Waals surface area (Å²) in [6.45, 7) is 10.9. The van der Waals surface area contributed by atoms with Crippen molar-refractivity contribution in [2.45, 2.75) is 20.4 Å². The second kappa shape index (κ2) is 7.97. The molecule has 2 aromatic rings. The van der Waals surface area contributed by atoms with Crippen molar-refractivity contribution in [2.24, 2.45) is 5.92 Å². The number of hydrogen-bond acceptors (Lipinski definition) is 5. The van der Waals surface area contributed by atoms with Crippen molar-refractivity contribution in [3.8, 4) is 0 Å². The minimum Gasteiger partial charge on any atom is -0.383 e. The highest BCUT2D eigenvalue weighted by atomic mass is 16.5. The van der Waals surface area contributed by atoms with Gasteiger partial charge in [0.05, 0.1) is 30.4 Å². The quantitative estimate of drug-likeness (QED) is 0.800. The first-order valence-corrected chi connectivity index (χ1v) is 9.04. The molecule has 2 heterocycles. The molecule has 136 valence electrons. The summed E-state index contributed by atoms with van der Waals surface area (Å²) in [6, 6.07) is 5.99. The molecule has 1 aliphatic rings. The zero-order chi connectivity index (χ0) is 17.8. The van der Waals surface area contributed by atoms with E-state index in [0.29, 0.717) is 24.5 Å². The van der Waals surface area contributed by atoms with Gasteiger partial charge in [0.15, 0.2) is 0 Å². The third-order valence-corrected chi connectivity index (χ3v) is 4.71. The Labute approximate surface area is 149 Å². The summed E-state index contributed by atoms with van der Waals surface area (Å²) in [7, 11) is 1.63. The maximum absolute atomic E-state index is 12.5. The van der Waals surface area contributed by atoms with E-state index in [1.54, 1.807) is 18.0 Å². The van der Waals surface area contributed by atoms with E-state index in [0.717, 1.165) is 43.9 Å². The predicted octanol–water partition coefficient (Wildman–Crippen LogP) is 1.82. The smallest absolute Gasteiger partial charge is 0.261 e. The van der Waals surface area contributed by atoms with Crippen LogP contribution >= 0.6 is 0 Å². The Morgan fingerprint density at radius 2 is 1.96 bits per heavy atom. The Morgan fingerprint density at radius 1 is 1.20 bits per heavy atom. The second-order valence-corrected chi connectivity index (χ2v) is 7.12. The van der Waals surface area contributed by atoms with Crippen LogP contribution < -0.4 is 10.5 Å². The molecule has 0 bridgehead atoms. The molecule has 0 aliphatic carbocycles. The monoisotopic (exact) mass is 344 g/mol. The first-order valence-electron chi connectivity index (χ1n) is 9.04. The lowest BCUT2D eigenvalue weighted by Crippen LogP contribution is -2.47. The molecule has 1 fully saturated rings. The summed E-state index contributed by atoms with van der Waals surface area (Å²) < 4.78 is 6.65. The molecule has 6 nitrogen and oxygen atoms in total. The Hall–Kier alpha value is -1.92. The number of benzene rings is 1. The maximum Gasteiger partial charge on any atom is 0.261 e. The molecule has 0 radical (unpaired) electrons. The molecule has 1 aromatic carbocycles. The fourth-order valence-electron chi connectivity index (χ4n) is 3.40. The van der Waals surface area contributed by atoms with Crippen molar-refractivity contribution >= 4 is 16.6 Å². The van der Waals surface area contributed by atoms with Crippen LogP contribution in [-0.2, 0) is 11.3 Å². The number of piperazine rings is 1. The fourth-order valence-corrected chi connectivity index (χ4v) is 3.40. The highest BCUT2D eigenvalue weighted by Crippen LogP contribution is 2.20. The lowest BCUT2D eigenvalue weighted by Gasteiger charge is -2.36. The Kier molecular flexibility index (Phi) is 5.71. The van der Waals surface area contributed by atoms with Gasteiger partial charge in [-0.1, -0.05) is 13.8 Å². The number of anilines is 1. The Balaban J connectivity index is 1.75. The van der Waals surface area contributed by atoms with Crippen LogP contribution in [0, 0.1) is 5.92 Å². The van der Waals surface area contributed by atoms with E-state index >= 15 is 0 Å². The molecule has 1 aliphatic heterocycles. The van der Waals surface area contributed by atoms with E-state index in [1.807, 2.05) is 18.2 Å². The largest absolute Gasteiger partial charge is 0.383 e. The molecule has 6 heteroatoms. The summed E-state index contributed by atoms with van der Waals surface area (Å²) in [5.74, 6) is 0.705. The lowest BCUT2D eigenvalue weighted by molar-refractivity contribution is 0.186. The molecule has 25 heavy (non-hydrogen) atoms. The van der Waals surface area contributed by atoms with Crippen LogP contribution in [0.3, 0.4) is 0 Å². The van der Waals surface area contributed by atoms with Crippen molar-refractivity contribution in [3.05, 3.63) is 34.9 Å². The normalized spacial score (nSPS) is 16.1. The number of fused-ring (bicyclic) bond motifs is 1. The average molecular weight is 344 g/mol. The number of hydrogen-bond donors (Lipinski definition) is 0. The number of ether oxygens (including phenoxy) is 1. The summed E-state index contributed by atoms with van der Waals surface area (Å²) >= 11 is 0. The topological polar surface area (TPSA) is 50.6 Å². The highest BCUT2D eigenvalue weighted by Gasteiger charge is 2.18. The molecule has 0 amide bonds. The minimum atomic E-state index is -0.00430. The minimum absolute atomic E-state index is 0.00430. The number of nitrogens with zero attached hydrogens (tertiary/aromatic N) is 4. The van der Waals surface area contributed by atoms with Crippen LogP contribution in [0.2, 0.25) is 0 Å². The fraction of sp³-hybridized carbons (Fsp3) is 0.579. The molecule has 0 saturated carbocycles. The first kappa shape index (κ1) is 17.9. The molecule has 0 atom stereocenters. The van der Waals surface area contributed by atoms with Gasteiger partial charge in [0, 0.05) is 45.5 Å². The zero-order valence-electron chi connectivity index (χ0n) is 15.4. The molecular weight excluding hydrogens is 316 g/mol.